The molecule has 2 aliphatic rings. The maximum Gasteiger partial charge on any atom is 0.225 e. The monoisotopic (exact) mass is 329 g/mol. The van der Waals surface area contributed by atoms with Crippen LogP contribution in [-0.2, 0) is 4.79 Å². The number of fused-ring (bicyclic) bond motifs is 1. The van der Waals surface area contributed by atoms with E-state index in [-0.39, 0.29) is 0 Å². The number of thiazole rings is 1. The van der Waals surface area contributed by atoms with Gasteiger partial charge >= 0.3 is 0 Å². The van der Waals surface area contributed by atoms with Crippen LogP contribution in [-0.4, -0.2) is 42.0 Å². The third-order valence-electron chi connectivity index (χ3n) is 5.09. The number of hydrogen-bond acceptors (Lipinski definition) is 4. The lowest BCUT2D eigenvalue weighted by molar-refractivity contribution is -0.133. The first-order chi connectivity index (χ1) is 11.1. The van der Waals surface area contributed by atoms with Gasteiger partial charge in [0.15, 0.2) is 5.13 Å². The van der Waals surface area contributed by atoms with Crippen molar-refractivity contribution in [3.8, 4) is 0 Å². The molecule has 4 rings (SSSR count). The first-order valence-corrected chi connectivity index (χ1v) is 9.32. The molecule has 0 atom stereocenters. The topological polar surface area (TPSA) is 36.4 Å². The number of benzene rings is 1. The van der Waals surface area contributed by atoms with Crippen molar-refractivity contribution in [2.45, 2.75) is 38.6 Å². The van der Waals surface area contributed by atoms with Crippen LogP contribution in [0.1, 0.15) is 31.2 Å². The number of amides is 1. The first-order valence-electron chi connectivity index (χ1n) is 8.50. The molecule has 2 aromatic rings. The van der Waals surface area contributed by atoms with Crippen molar-refractivity contribution in [3.05, 3.63) is 23.8 Å². The van der Waals surface area contributed by atoms with Crippen LogP contribution in [0.4, 0.5) is 5.13 Å². The molecule has 1 aromatic heterocycles. The maximum atomic E-state index is 12.2. The lowest BCUT2D eigenvalue weighted by Gasteiger charge is -2.36. The summed E-state index contributed by atoms with van der Waals surface area (Å²) >= 11 is 1.78. The van der Waals surface area contributed by atoms with Crippen LogP contribution in [0.15, 0.2) is 18.2 Å². The summed E-state index contributed by atoms with van der Waals surface area (Å²) in [6.07, 6.45) is 4.27. The summed E-state index contributed by atoms with van der Waals surface area (Å²) < 4.78 is 1.27. The lowest BCUT2D eigenvalue weighted by atomic mass is 10.0. The van der Waals surface area contributed by atoms with E-state index in [0.29, 0.717) is 17.9 Å². The SMILES string of the molecule is Cc1ccc2nc(N3CCC(N(C)C(=O)C4CC4)CC3)sc2c1. The smallest absolute Gasteiger partial charge is 0.225 e. The molecule has 0 unspecified atom stereocenters. The predicted octanol–water partition coefficient (Wildman–Crippen LogP) is 3.44. The quantitative estimate of drug-likeness (QED) is 0.865. The highest BCUT2D eigenvalue weighted by Gasteiger charge is 2.35. The summed E-state index contributed by atoms with van der Waals surface area (Å²) in [4.78, 5) is 21.4. The van der Waals surface area contributed by atoms with Gasteiger partial charge in [0.25, 0.3) is 0 Å². The van der Waals surface area contributed by atoms with Crippen molar-refractivity contribution in [3.63, 3.8) is 0 Å². The van der Waals surface area contributed by atoms with Crippen LogP contribution in [0.25, 0.3) is 10.2 Å². The van der Waals surface area contributed by atoms with E-state index >= 15 is 0 Å². The number of nitrogens with zero attached hydrogens (tertiary/aromatic N) is 3. The molecule has 1 amide bonds. The number of piperidine rings is 1. The average molecular weight is 329 g/mol. The Bertz CT molecular complexity index is 729. The van der Waals surface area contributed by atoms with Gasteiger partial charge in [-0.05, 0) is 50.3 Å². The molecule has 5 heteroatoms. The summed E-state index contributed by atoms with van der Waals surface area (Å²) in [7, 11) is 1.99. The summed E-state index contributed by atoms with van der Waals surface area (Å²) in [5, 5.41) is 1.13. The van der Waals surface area contributed by atoms with Crippen molar-refractivity contribution < 1.29 is 4.79 Å². The van der Waals surface area contributed by atoms with Gasteiger partial charge in [-0.25, -0.2) is 4.98 Å². The molecule has 1 saturated heterocycles. The second-order valence-electron chi connectivity index (χ2n) is 6.91. The third-order valence-corrected chi connectivity index (χ3v) is 6.17. The highest BCUT2D eigenvalue weighted by molar-refractivity contribution is 7.22. The molecule has 4 nitrogen and oxygen atoms in total. The number of aryl methyl sites for hydroxylation is 1. The van der Waals surface area contributed by atoms with Gasteiger partial charge in [-0.15, -0.1) is 0 Å². The van der Waals surface area contributed by atoms with E-state index < -0.39 is 0 Å². The van der Waals surface area contributed by atoms with Gasteiger partial charge in [0, 0.05) is 32.1 Å². The zero-order valence-corrected chi connectivity index (χ0v) is 14.6. The van der Waals surface area contributed by atoms with Crippen LogP contribution < -0.4 is 4.90 Å². The zero-order chi connectivity index (χ0) is 16.0. The normalized spacial score (nSPS) is 19.3. The number of hydrogen-bond donors (Lipinski definition) is 0. The molecular formula is C18H23N3OS. The summed E-state index contributed by atoms with van der Waals surface area (Å²) in [6.45, 7) is 4.11. The average Bonchev–Trinajstić information content (AvgIpc) is 3.33. The van der Waals surface area contributed by atoms with Gasteiger partial charge in [-0.2, -0.15) is 0 Å². The second kappa shape index (κ2) is 5.78. The second-order valence-corrected chi connectivity index (χ2v) is 7.92. The molecule has 0 spiro atoms. The minimum atomic E-state index is 0.325. The van der Waals surface area contributed by atoms with Crippen molar-refractivity contribution in [1.82, 2.24) is 9.88 Å². The summed E-state index contributed by atoms with van der Waals surface area (Å²) in [5.74, 6) is 0.685. The Morgan fingerprint density at radius 1 is 1.26 bits per heavy atom. The van der Waals surface area contributed by atoms with Crippen molar-refractivity contribution in [2.24, 2.45) is 5.92 Å². The number of carbonyl (C=O) groups excluding carboxylic acids is 1. The van der Waals surface area contributed by atoms with E-state index in [1.165, 1.54) is 10.3 Å². The molecule has 1 aliphatic heterocycles. The molecule has 0 radical (unpaired) electrons. The lowest BCUT2D eigenvalue weighted by Crippen LogP contribution is -2.46. The Labute approximate surface area is 141 Å². The Morgan fingerprint density at radius 2 is 2.00 bits per heavy atom. The largest absolute Gasteiger partial charge is 0.348 e. The van der Waals surface area contributed by atoms with Gasteiger partial charge < -0.3 is 9.80 Å². The molecule has 23 heavy (non-hydrogen) atoms. The van der Waals surface area contributed by atoms with Gasteiger partial charge in [-0.1, -0.05) is 17.4 Å². The molecule has 0 bridgehead atoms. The molecule has 2 fully saturated rings. The highest BCUT2D eigenvalue weighted by Crippen LogP contribution is 2.34. The Balaban J connectivity index is 1.42. The van der Waals surface area contributed by atoms with Gasteiger partial charge in [-0.3, -0.25) is 4.79 Å². The van der Waals surface area contributed by atoms with Gasteiger partial charge in [0.2, 0.25) is 5.91 Å². The molecule has 1 aromatic carbocycles. The van der Waals surface area contributed by atoms with Crippen LogP contribution in [0, 0.1) is 12.8 Å². The third kappa shape index (κ3) is 2.94. The highest BCUT2D eigenvalue weighted by atomic mass is 32.1. The fraction of sp³-hybridized carbons (Fsp3) is 0.556. The molecule has 0 N–H and O–H groups in total. The molecule has 2 heterocycles. The molecular weight excluding hydrogens is 306 g/mol. The van der Waals surface area contributed by atoms with Crippen molar-refractivity contribution >= 4 is 32.6 Å². The minimum Gasteiger partial charge on any atom is -0.348 e. The Kier molecular flexibility index (Phi) is 3.76. The van der Waals surface area contributed by atoms with Crippen LogP contribution in [0.5, 0.6) is 0 Å². The zero-order valence-electron chi connectivity index (χ0n) is 13.8. The van der Waals surface area contributed by atoms with E-state index in [4.69, 9.17) is 4.98 Å². The number of rotatable bonds is 3. The fourth-order valence-corrected chi connectivity index (χ4v) is 4.51. The molecule has 122 valence electrons. The van der Waals surface area contributed by atoms with Crippen LogP contribution in [0.3, 0.4) is 0 Å². The fourth-order valence-electron chi connectivity index (χ4n) is 3.40. The maximum absolute atomic E-state index is 12.2. The van der Waals surface area contributed by atoms with Gasteiger partial charge in [0.05, 0.1) is 10.2 Å². The van der Waals surface area contributed by atoms with E-state index in [1.807, 2.05) is 11.9 Å². The van der Waals surface area contributed by atoms with E-state index in [2.05, 4.69) is 30.0 Å². The van der Waals surface area contributed by atoms with Crippen molar-refractivity contribution in [1.29, 1.82) is 0 Å². The molecule has 1 aliphatic carbocycles. The Morgan fingerprint density at radius 3 is 2.70 bits per heavy atom. The van der Waals surface area contributed by atoms with Crippen LogP contribution >= 0.6 is 11.3 Å². The van der Waals surface area contributed by atoms with Crippen LogP contribution in [0.2, 0.25) is 0 Å². The number of anilines is 1. The van der Waals surface area contributed by atoms with E-state index in [9.17, 15) is 4.79 Å². The Hall–Kier alpha value is -1.62. The number of carbonyl (C=O) groups is 1. The standard InChI is InChI=1S/C18H23N3OS/c1-12-3-6-15-16(11-12)23-18(19-15)21-9-7-14(8-10-21)20(2)17(22)13-4-5-13/h3,6,11,13-14H,4-5,7-10H2,1-2H3. The summed E-state index contributed by atoms with van der Waals surface area (Å²) in [6, 6.07) is 6.84. The van der Waals surface area contributed by atoms with Gasteiger partial charge in [0.1, 0.15) is 0 Å². The first kappa shape index (κ1) is 14.9. The van der Waals surface area contributed by atoms with E-state index in [1.54, 1.807) is 11.3 Å². The predicted molar refractivity (Wildman–Crippen MR) is 95.1 cm³/mol. The molecule has 1 saturated carbocycles. The minimum absolute atomic E-state index is 0.325. The van der Waals surface area contributed by atoms with Crippen molar-refractivity contribution in [2.75, 3.05) is 25.0 Å². The summed E-state index contributed by atoms with van der Waals surface area (Å²) in [5.41, 5.74) is 2.38. The number of aromatic nitrogens is 1. The van der Waals surface area contributed by atoms with E-state index in [0.717, 1.165) is 49.4 Å².